The number of benzene rings is 1. The summed E-state index contributed by atoms with van der Waals surface area (Å²) in [5.74, 6) is 1.01. The van der Waals surface area contributed by atoms with Gasteiger partial charge >= 0.3 is 0 Å². The summed E-state index contributed by atoms with van der Waals surface area (Å²) >= 11 is 4.63. The third kappa shape index (κ3) is 4.64. The highest BCUT2D eigenvalue weighted by Gasteiger charge is 1.97. The summed E-state index contributed by atoms with van der Waals surface area (Å²) in [6.45, 7) is 0.861. The van der Waals surface area contributed by atoms with Gasteiger partial charge < -0.3 is 4.74 Å². The normalized spacial score (nSPS) is 10.3. The monoisotopic (exact) mass is 418 g/mol. The number of rotatable bonds is 4. The smallest absolute Gasteiger partial charge is 0.121 e. The number of hydrogen-bond donors (Lipinski definition) is 0. The van der Waals surface area contributed by atoms with Gasteiger partial charge in [-0.3, -0.25) is 0 Å². The molecule has 4 heteroatoms. The molecule has 0 N–H and O–H groups in total. The average Bonchev–Trinajstić information content (AvgIpc) is 2.03. The molecule has 0 radical (unpaired) electrons. The Morgan fingerprint density at radius 2 is 1.77 bits per heavy atom. The topological polar surface area (TPSA) is 9.23 Å². The summed E-state index contributed by atoms with van der Waals surface area (Å²) in [7, 11) is 1.28. The van der Waals surface area contributed by atoms with E-state index in [1.807, 2.05) is 0 Å². The second-order valence-corrected chi connectivity index (χ2v) is 6.30. The van der Waals surface area contributed by atoms with Gasteiger partial charge in [-0.15, -0.1) is 0 Å². The summed E-state index contributed by atoms with van der Waals surface area (Å²) in [6.07, 6.45) is 1.19. The van der Waals surface area contributed by atoms with Crippen LogP contribution in [0.4, 0.5) is 0 Å². The fourth-order valence-electron chi connectivity index (χ4n) is 0.946. The van der Waals surface area contributed by atoms with E-state index < -0.39 is 0 Å². The lowest BCUT2D eigenvalue weighted by Gasteiger charge is -2.05. The molecule has 72 valence electrons. The van der Waals surface area contributed by atoms with E-state index in [0.29, 0.717) is 0 Å². The largest absolute Gasteiger partial charge is 0.494 e. The lowest BCUT2D eigenvalue weighted by atomic mass is 10.3. The van der Waals surface area contributed by atoms with Crippen LogP contribution in [-0.2, 0) is 0 Å². The average molecular weight is 418 g/mol. The van der Waals surface area contributed by atoms with E-state index in [-0.39, 0.29) is 0 Å². The van der Waals surface area contributed by atoms with Gasteiger partial charge in [0.15, 0.2) is 0 Å². The Bertz CT molecular complexity index is 258. The highest BCUT2D eigenvalue weighted by atomic mass is 127. The lowest BCUT2D eigenvalue weighted by molar-refractivity contribution is 0.317. The first kappa shape index (κ1) is 11.8. The van der Waals surface area contributed by atoms with Crippen LogP contribution < -0.4 is 4.74 Å². The van der Waals surface area contributed by atoms with Crippen LogP contribution in [0.2, 0.25) is 6.04 Å². The minimum atomic E-state index is 0.861. The molecule has 0 aromatic heterocycles. The van der Waals surface area contributed by atoms with E-state index in [9.17, 15) is 0 Å². The second kappa shape index (κ2) is 6.23. The van der Waals surface area contributed by atoms with Crippen molar-refractivity contribution in [2.24, 2.45) is 0 Å². The molecule has 0 amide bonds. The predicted molar refractivity (Wildman–Crippen MR) is 76.7 cm³/mol. The fraction of sp³-hybridized carbons (Fsp3) is 0.333. The Labute approximate surface area is 109 Å². The first-order valence-electron chi connectivity index (χ1n) is 4.31. The standard InChI is InChI=1S/C9H12I2OSi/c10-7-4-8(11)6-9(5-7)12-2-1-3-13/h4-6H,1-3H2,13H3. The van der Waals surface area contributed by atoms with Crippen molar-refractivity contribution in [3.05, 3.63) is 25.3 Å². The Hall–Kier alpha value is 0.697. The number of halogens is 2. The summed E-state index contributed by atoms with van der Waals surface area (Å²) in [5.41, 5.74) is 0. The summed E-state index contributed by atoms with van der Waals surface area (Å²) in [4.78, 5) is 0. The molecule has 13 heavy (non-hydrogen) atoms. The van der Waals surface area contributed by atoms with Crippen molar-refractivity contribution < 1.29 is 4.74 Å². The Kier molecular flexibility index (Phi) is 5.64. The van der Waals surface area contributed by atoms with Crippen LogP contribution in [0.5, 0.6) is 5.75 Å². The molecule has 0 aliphatic rings. The van der Waals surface area contributed by atoms with Gasteiger partial charge in [-0.05, 0) is 69.8 Å². The van der Waals surface area contributed by atoms with E-state index in [1.165, 1.54) is 29.8 Å². The van der Waals surface area contributed by atoms with Crippen LogP contribution in [0.25, 0.3) is 0 Å². The molecule has 0 aliphatic carbocycles. The van der Waals surface area contributed by atoms with Gasteiger partial charge in [0.2, 0.25) is 0 Å². The highest BCUT2D eigenvalue weighted by molar-refractivity contribution is 14.1. The molecule has 1 rings (SSSR count). The minimum absolute atomic E-state index is 0.861. The van der Waals surface area contributed by atoms with E-state index in [2.05, 4.69) is 63.4 Å². The fourth-order valence-corrected chi connectivity index (χ4v) is 3.12. The van der Waals surface area contributed by atoms with Gasteiger partial charge in [-0.2, -0.15) is 0 Å². The van der Waals surface area contributed by atoms with E-state index in [1.54, 1.807) is 0 Å². The molecule has 0 saturated heterocycles. The van der Waals surface area contributed by atoms with Crippen LogP contribution >= 0.6 is 45.2 Å². The van der Waals surface area contributed by atoms with Gasteiger partial charge in [0.1, 0.15) is 5.75 Å². The number of hydrogen-bond acceptors (Lipinski definition) is 1. The first-order chi connectivity index (χ1) is 6.22. The molecule has 0 saturated carbocycles. The molecule has 1 aromatic carbocycles. The maximum Gasteiger partial charge on any atom is 0.121 e. The second-order valence-electron chi connectivity index (χ2n) is 2.81. The zero-order valence-corrected chi connectivity index (χ0v) is 13.8. The Morgan fingerprint density at radius 1 is 1.15 bits per heavy atom. The maximum atomic E-state index is 5.62. The van der Waals surface area contributed by atoms with Crippen LogP contribution in [-0.4, -0.2) is 16.8 Å². The quantitative estimate of drug-likeness (QED) is 0.415. The van der Waals surface area contributed by atoms with Gasteiger partial charge in [0.25, 0.3) is 0 Å². The molecule has 0 heterocycles. The molecule has 0 fully saturated rings. The van der Waals surface area contributed by atoms with Gasteiger partial charge in [-0.25, -0.2) is 0 Å². The molecule has 1 aromatic rings. The molecule has 0 spiro atoms. The third-order valence-corrected chi connectivity index (χ3v) is 3.56. The molecular weight excluding hydrogens is 406 g/mol. The highest BCUT2D eigenvalue weighted by Crippen LogP contribution is 2.20. The van der Waals surface area contributed by atoms with Crippen molar-refractivity contribution in [2.75, 3.05) is 6.61 Å². The SMILES string of the molecule is [SiH3]CCCOc1cc(I)cc(I)c1. The van der Waals surface area contributed by atoms with E-state index >= 15 is 0 Å². The van der Waals surface area contributed by atoms with Crippen molar-refractivity contribution in [1.29, 1.82) is 0 Å². The van der Waals surface area contributed by atoms with Crippen LogP contribution in [0.15, 0.2) is 18.2 Å². The predicted octanol–water partition coefficient (Wildman–Crippen LogP) is 2.45. The van der Waals surface area contributed by atoms with Gasteiger partial charge in [-0.1, -0.05) is 6.04 Å². The number of ether oxygens (including phenoxy) is 1. The maximum absolute atomic E-state index is 5.62. The molecule has 0 bridgehead atoms. The molecular formula is C9H12I2OSi. The van der Waals surface area contributed by atoms with Crippen molar-refractivity contribution in [2.45, 2.75) is 12.5 Å². The molecule has 0 unspecified atom stereocenters. The summed E-state index contributed by atoms with van der Waals surface area (Å²) in [6, 6.07) is 7.62. The summed E-state index contributed by atoms with van der Waals surface area (Å²) in [5, 5.41) is 0. The third-order valence-electron chi connectivity index (χ3n) is 1.60. The van der Waals surface area contributed by atoms with E-state index in [4.69, 9.17) is 4.74 Å². The van der Waals surface area contributed by atoms with Crippen molar-refractivity contribution in [3.8, 4) is 5.75 Å². The first-order valence-corrected chi connectivity index (χ1v) is 7.88. The Balaban J connectivity index is 2.56. The molecule has 1 nitrogen and oxygen atoms in total. The van der Waals surface area contributed by atoms with Gasteiger partial charge in [0, 0.05) is 17.4 Å². The molecule has 0 aliphatic heterocycles. The Morgan fingerprint density at radius 3 is 2.31 bits per heavy atom. The molecule has 0 atom stereocenters. The zero-order chi connectivity index (χ0) is 9.68. The van der Waals surface area contributed by atoms with Crippen molar-refractivity contribution in [3.63, 3.8) is 0 Å². The van der Waals surface area contributed by atoms with Crippen LogP contribution in [0, 0.1) is 7.14 Å². The zero-order valence-electron chi connectivity index (χ0n) is 7.52. The minimum Gasteiger partial charge on any atom is -0.494 e. The van der Waals surface area contributed by atoms with Crippen LogP contribution in [0.1, 0.15) is 6.42 Å². The van der Waals surface area contributed by atoms with Crippen molar-refractivity contribution in [1.82, 2.24) is 0 Å². The lowest BCUT2D eigenvalue weighted by Crippen LogP contribution is -1.97. The summed E-state index contributed by atoms with van der Waals surface area (Å²) < 4.78 is 8.10. The van der Waals surface area contributed by atoms with E-state index in [0.717, 1.165) is 12.4 Å². The van der Waals surface area contributed by atoms with Crippen LogP contribution in [0.3, 0.4) is 0 Å². The van der Waals surface area contributed by atoms with Crippen molar-refractivity contribution >= 4 is 55.4 Å². The van der Waals surface area contributed by atoms with Gasteiger partial charge in [0.05, 0.1) is 6.61 Å².